The Labute approximate surface area is 127 Å². The Morgan fingerprint density at radius 1 is 1.14 bits per heavy atom. The van der Waals surface area contributed by atoms with Crippen LogP contribution in [0.3, 0.4) is 0 Å². The third kappa shape index (κ3) is 2.32. The third-order valence-electron chi connectivity index (χ3n) is 3.78. The predicted octanol–water partition coefficient (Wildman–Crippen LogP) is 1.54. The molecule has 2 rings (SSSR count). The van der Waals surface area contributed by atoms with E-state index >= 15 is 0 Å². The molecule has 1 aliphatic rings. The van der Waals surface area contributed by atoms with Crippen LogP contribution in [-0.4, -0.2) is 36.1 Å². The minimum absolute atomic E-state index is 0.0337. The second-order valence-corrected chi connectivity index (χ2v) is 4.93. The largest absolute Gasteiger partial charge is 0.465 e. The first-order chi connectivity index (χ1) is 10.5. The molecule has 0 unspecified atom stereocenters. The summed E-state index contributed by atoms with van der Waals surface area (Å²) in [7, 11) is 0. The van der Waals surface area contributed by atoms with Crippen molar-refractivity contribution in [1.82, 2.24) is 0 Å². The summed E-state index contributed by atoms with van der Waals surface area (Å²) < 4.78 is 9.85. The molecule has 22 heavy (non-hydrogen) atoms. The monoisotopic (exact) mass is 307 g/mol. The number of rotatable bonds is 6. The molecular formula is C15H17NO6. The molecule has 1 fully saturated rings. The predicted molar refractivity (Wildman–Crippen MR) is 75.7 cm³/mol. The van der Waals surface area contributed by atoms with Gasteiger partial charge in [0.2, 0.25) is 11.5 Å². The summed E-state index contributed by atoms with van der Waals surface area (Å²) in [5.74, 6) is -2.67. The van der Waals surface area contributed by atoms with E-state index in [0.29, 0.717) is 5.56 Å². The molecule has 1 aliphatic carbocycles. The molecule has 2 atom stereocenters. The first-order valence-corrected chi connectivity index (χ1v) is 7.04. The number of esters is 2. The highest BCUT2D eigenvalue weighted by Crippen LogP contribution is 2.62. The van der Waals surface area contributed by atoms with Crippen molar-refractivity contribution in [1.29, 1.82) is 0 Å². The van der Waals surface area contributed by atoms with Crippen molar-refractivity contribution in [2.24, 2.45) is 5.41 Å². The number of hydrogen-bond donors (Lipinski definition) is 0. The molecule has 0 N–H and O–H groups in total. The summed E-state index contributed by atoms with van der Waals surface area (Å²) >= 11 is 0. The second-order valence-electron chi connectivity index (χ2n) is 4.93. The van der Waals surface area contributed by atoms with Crippen molar-refractivity contribution >= 4 is 11.9 Å². The van der Waals surface area contributed by atoms with Gasteiger partial charge in [-0.15, -0.1) is 0 Å². The Hall–Kier alpha value is -2.44. The lowest BCUT2D eigenvalue weighted by molar-refractivity contribution is -0.501. The molecule has 0 aromatic heterocycles. The zero-order valence-electron chi connectivity index (χ0n) is 12.4. The molecule has 0 saturated heterocycles. The van der Waals surface area contributed by atoms with E-state index in [4.69, 9.17) is 9.47 Å². The Morgan fingerprint density at radius 2 is 1.64 bits per heavy atom. The van der Waals surface area contributed by atoms with E-state index in [0.717, 1.165) is 0 Å². The van der Waals surface area contributed by atoms with Gasteiger partial charge in [0.05, 0.1) is 19.1 Å². The number of nitrogens with zero attached hydrogens (tertiary/aromatic N) is 1. The maximum absolute atomic E-state index is 12.3. The van der Waals surface area contributed by atoms with E-state index in [2.05, 4.69) is 0 Å². The molecule has 0 aliphatic heterocycles. The van der Waals surface area contributed by atoms with Crippen molar-refractivity contribution in [3.63, 3.8) is 0 Å². The van der Waals surface area contributed by atoms with Gasteiger partial charge < -0.3 is 9.47 Å². The molecular weight excluding hydrogens is 290 g/mol. The van der Waals surface area contributed by atoms with E-state index in [-0.39, 0.29) is 13.2 Å². The van der Waals surface area contributed by atoms with Crippen LogP contribution in [0.25, 0.3) is 0 Å². The molecule has 1 aromatic carbocycles. The average molecular weight is 307 g/mol. The van der Waals surface area contributed by atoms with Crippen LogP contribution in [0.2, 0.25) is 0 Å². The number of carbonyl (C=O) groups is 2. The number of carbonyl (C=O) groups excluding carboxylic acids is 2. The standard InChI is InChI=1S/C15H17NO6/c1-3-21-13(17)15(14(18)22-4-2)11(12(15)16(19)20)10-8-6-5-7-9-10/h5-9,11-12H,3-4H2,1-2H3/t11-,12-/m0/s1. The van der Waals surface area contributed by atoms with Gasteiger partial charge >= 0.3 is 11.9 Å². The van der Waals surface area contributed by atoms with E-state index in [1.165, 1.54) is 0 Å². The van der Waals surface area contributed by atoms with E-state index in [9.17, 15) is 19.7 Å². The summed E-state index contributed by atoms with van der Waals surface area (Å²) in [6.45, 7) is 3.23. The maximum atomic E-state index is 12.3. The van der Waals surface area contributed by atoms with Crippen molar-refractivity contribution in [2.45, 2.75) is 25.8 Å². The van der Waals surface area contributed by atoms with Gasteiger partial charge in [-0.1, -0.05) is 30.3 Å². The molecule has 7 nitrogen and oxygen atoms in total. The van der Waals surface area contributed by atoms with Crippen molar-refractivity contribution in [2.75, 3.05) is 13.2 Å². The van der Waals surface area contributed by atoms with Gasteiger partial charge in [0.15, 0.2) is 0 Å². The van der Waals surface area contributed by atoms with Gasteiger partial charge in [0, 0.05) is 4.92 Å². The molecule has 0 radical (unpaired) electrons. The van der Waals surface area contributed by atoms with Crippen LogP contribution in [0.1, 0.15) is 25.3 Å². The third-order valence-corrected chi connectivity index (χ3v) is 3.78. The van der Waals surface area contributed by atoms with Gasteiger partial charge in [-0.05, 0) is 19.4 Å². The molecule has 7 heteroatoms. The average Bonchev–Trinajstić information content (AvgIpc) is 3.20. The van der Waals surface area contributed by atoms with Crippen molar-refractivity contribution in [3.8, 4) is 0 Å². The first kappa shape index (κ1) is 15.9. The zero-order chi connectivity index (χ0) is 16.3. The van der Waals surface area contributed by atoms with E-state index in [1.54, 1.807) is 44.2 Å². The summed E-state index contributed by atoms with van der Waals surface area (Å²) in [5.41, 5.74) is -1.35. The van der Waals surface area contributed by atoms with Crippen LogP contribution in [0.15, 0.2) is 30.3 Å². The van der Waals surface area contributed by atoms with Crippen LogP contribution in [0.5, 0.6) is 0 Å². The summed E-state index contributed by atoms with van der Waals surface area (Å²) in [6, 6.07) is 7.09. The Kier molecular flexibility index (Phi) is 4.44. The summed E-state index contributed by atoms with van der Waals surface area (Å²) in [5, 5.41) is 11.4. The fraction of sp³-hybridized carbons (Fsp3) is 0.467. The highest BCUT2D eigenvalue weighted by atomic mass is 16.6. The van der Waals surface area contributed by atoms with Crippen molar-refractivity contribution in [3.05, 3.63) is 46.0 Å². The zero-order valence-corrected chi connectivity index (χ0v) is 12.4. The molecule has 0 spiro atoms. The topological polar surface area (TPSA) is 95.7 Å². The van der Waals surface area contributed by atoms with Gasteiger partial charge in [0.1, 0.15) is 0 Å². The Morgan fingerprint density at radius 3 is 2.05 bits per heavy atom. The van der Waals surface area contributed by atoms with Gasteiger partial charge in [-0.3, -0.25) is 19.7 Å². The molecule has 0 heterocycles. The van der Waals surface area contributed by atoms with Crippen LogP contribution in [-0.2, 0) is 19.1 Å². The minimum atomic E-state index is -1.89. The van der Waals surface area contributed by atoms with Gasteiger partial charge in [0.25, 0.3) is 0 Å². The highest BCUT2D eigenvalue weighted by Gasteiger charge is 2.85. The van der Waals surface area contributed by atoms with Crippen LogP contribution in [0.4, 0.5) is 0 Å². The minimum Gasteiger partial charge on any atom is -0.465 e. The Bertz CT molecular complexity index is 567. The Balaban J connectivity index is 2.48. The number of ether oxygens (including phenoxy) is 2. The van der Waals surface area contributed by atoms with E-state index in [1.807, 2.05) is 0 Å². The molecule has 1 aromatic rings. The molecule has 0 amide bonds. The van der Waals surface area contributed by atoms with E-state index < -0.39 is 34.2 Å². The lowest BCUT2D eigenvalue weighted by Gasteiger charge is -2.13. The number of hydrogen-bond acceptors (Lipinski definition) is 6. The van der Waals surface area contributed by atoms with Crippen LogP contribution in [0, 0.1) is 15.5 Å². The number of benzene rings is 1. The summed E-state index contributed by atoms with van der Waals surface area (Å²) in [6.07, 6.45) is 0. The fourth-order valence-electron chi connectivity index (χ4n) is 2.84. The smallest absolute Gasteiger partial charge is 0.331 e. The SMILES string of the molecule is CCOC(=O)C1(C(=O)OCC)[C@@H]([N+](=O)[O-])[C@@H]1c1ccccc1. The molecule has 0 bridgehead atoms. The second kappa shape index (κ2) is 6.13. The lowest BCUT2D eigenvalue weighted by Crippen LogP contribution is -2.35. The van der Waals surface area contributed by atoms with Crippen LogP contribution < -0.4 is 0 Å². The van der Waals surface area contributed by atoms with Crippen LogP contribution >= 0.6 is 0 Å². The quantitative estimate of drug-likeness (QED) is 0.342. The lowest BCUT2D eigenvalue weighted by atomic mass is 9.99. The van der Waals surface area contributed by atoms with Gasteiger partial charge in [-0.25, -0.2) is 0 Å². The maximum Gasteiger partial charge on any atom is 0.331 e. The first-order valence-electron chi connectivity index (χ1n) is 7.04. The summed E-state index contributed by atoms with van der Waals surface area (Å²) in [4.78, 5) is 35.4. The fourth-order valence-corrected chi connectivity index (χ4v) is 2.84. The molecule has 118 valence electrons. The molecule has 1 saturated carbocycles. The normalized spacial score (nSPS) is 21.7. The highest BCUT2D eigenvalue weighted by molar-refractivity contribution is 6.06. The van der Waals surface area contributed by atoms with Gasteiger partial charge in [-0.2, -0.15) is 0 Å². The van der Waals surface area contributed by atoms with Crippen molar-refractivity contribution < 1.29 is 24.0 Å². The number of nitro groups is 1.